The monoisotopic (exact) mass is 390 g/mol. The number of benzene rings is 1. The van der Waals surface area contributed by atoms with Crippen LogP contribution in [0.5, 0.6) is 0 Å². The summed E-state index contributed by atoms with van der Waals surface area (Å²) in [5.41, 5.74) is 2.58. The number of carbonyl (C=O) groups is 1. The number of hydrogen-bond acceptors (Lipinski definition) is 4. The van der Waals surface area contributed by atoms with E-state index in [1.165, 1.54) is 0 Å². The van der Waals surface area contributed by atoms with Gasteiger partial charge in [-0.1, -0.05) is 11.6 Å². The van der Waals surface area contributed by atoms with Crippen LogP contribution in [0.25, 0.3) is 0 Å². The molecule has 1 fully saturated rings. The Morgan fingerprint density at radius 2 is 2.15 bits per heavy atom. The van der Waals surface area contributed by atoms with Crippen LogP contribution in [0.2, 0.25) is 5.02 Å². The van der Waals surface area contributed by atoms with Crippen LogP contribution in [0, 0.1) is 6.92 Å². The van der Waals surface area contributed by atoms with Crippen molar-refractivity contribution in [3.63, 3.8) is 0 Å². The molecule has 7 heteroatoms. The summed E-state index contributed by atoms with van der Waals surface area (Å²) in [7, 11) is 1.91. The Balaban J connectivity index is 1.83. The molecule has 1 aliphatic heterocycles. The molecular formula is C20H27ClN4O2. The van der Waals surface area contributed by atoms with Gasteiger partial charge in [-0.05, 0) is 44.4 Å². The fraction of sp³-hybridized carbons (Fsp3) is 0.500. The van der Waals surface area contributed by atoms with E-state index in [2.05, 4.69) is 22.1 Å². The van der Waals surface area contributed by atoms with E-state index in [1.807, 2.05) is 30.8 Å². The highest BCUT2D eigenvalue weighted by Gasteiger charge is 2.24. The van der Waals surface area contributed by atoms with Gasteiger partial charge >= 0.3 is 0 Å². The van der Waals surface area contributed by atoms with E-state index in [-0.39, 0.29) is 5.91 Å². The lowest BCUT2D eigenvalue weighted by molar-refractivity contribution is 0.0846. The number of hydrogen-bond donors (Lipinski definition) is 1. The molecule has 1 saturated heterocycles. The van der Waals surface area contributed by atoms with E-state index >= 15 is 0 Å². The molecule has 0 atom stereocenters. The first-order valence-corrected chi connectivity index (χ1v) is 9.78. The molecule has 1 amide bonds. The minimum absolute atomic E-state index is 0.137. The Morgan fingerprint density at radius 1 is 1.41 bits per heavy atom. The second-order valence-electron chi connectivity index (χ2n) is 6.86. The maximum Gasteiger partial charge on any atom is 0.252 e. The van der Waals surface area contributed by atoms with Crippen molar-refractivity contribution >= 4 is 23.2 Å². The third kappa shape index (κ3) is 4.45. The molecule has 0 bridgehead atoms. The molecule has 1 aromatic heterocycles. The van der Waals surface area contributed by atoms with E-state index in [0.717, 1.165) is 49.7 Å². The number of nitrogens with one attached hydrogen (secondary N) is 1. The lowest BCUT2D eigenvalue weighted by atomic mass is 10.0. The number of imidazole rings is 1. The van der Waals surface area contributed by atoms with Gasteiger partial charge in [0.1, 0.15) is 5.82 Å². The predicted octanol–water partition coefficient (Wildman–Crippen LogP) is 3.32. The fourth-order valence-corrected chi connectivity index (χ4v) is 3.85. The van der Waals surface area contributed by atoms with Gasteiger partial charge < -0.3 is 19.5 Å². The number of halogens is 1. The maximum atomic E-state index is 12.8. The summed E-state index contributed by atoms with van der Waals surface area (Å²) in [6.45, 7) is 6.91. The number of aromatic nitrogens is 2. The average molecular weight is 391 g/mol. The second-order valence-corrected chi connectivity index (χ2v) is 7.30. The van der Waals surface area contributed by atoms with Crippen molar-refractivity contribution in [1.82, 2.24) is 14.9 Å². The normalized spacial score (nSPS) is 15.0. The zero-order chi connectivity index (χ0) is 19.4. The molecule has 1 N–H and O–H groups in total. The summed E-state index contributed by atoms with van der Waals surface area (Å²) >= 11 is 6.38. The topological polar surface area (TPSA) is 59.4 Å². The first kappa shape index (κ1) is 19.7. The molecular weight excluding hydrogens is 364 g/mol. The van der Waals surface area contributed by atoms with E-state index in [4.69, 9.17) is 16.3 Å². The molecule has 1 aromatic carbocycles. The van der Waals surface area contributed by atoms with Gasteiger partial charge in [-0.3, -0.25) is 4.79 Å². The Labute approximate surface area is 165 Å². The van der Waals surface area contributed by atoms with Gasteiger partial charge in [0.2, 0.25) is 0 Å². The largest absolute Gasteiger partial charge is 0.381 e. The molecule has 0 unspecified atom stereocenters. The standard InChI is InChI=1S/C20H27ClN4O2/c1-4-25(16-5-9-27-10-6-16)18-12-15(21)11-17(14(18)2)20(26)23-13-19-22-7-8-24(19)3/h7-8,11-12,16H,4-6,9-10,13H2,1-3H3,(H,23,26). The Hall–Kier alpha value is -2.05. The van der Waals surface area contributed by atoms with Crippen molar-refractivity contribution in [2.45, 2.75) is 39.3 Å². The molecule has 1 aliphatic rings. The SMILES string of the molecule is CCN(c1cc(Cl)cc(C(=O)NCc2nccn2C)c1C)C1CCOCC1. The third-order valence-electron chi connectivity index (χ3n) is 5.20. The molecule has 0 aliphatic carbocycles. The van der Waals surface area contributed by atoms with Crippen molar-refractivity contribution in [3.05, 3.63) is 46.5 Å². The molecule has 2 aromatic rings. The van der Waals surface area contributed by atoms with E-state index in [1.54, 1.807) is 12.3 Å². The van der Waals surface area contributed by atoms with Crippen LogP contribution in [-0.4, -0.2) is 41.3 Å². The molecule has 6 nitrogen and oxygen atoms in total. The highest BCUT2D eigenvalue weighted by Crippen LogP contribution is 2.31. The quantitative estimate of drug-likeness (QED) is 0.822. The van der Waals surface area contributed by atoms with Crippen molar-refractivity contribution in [1.29, 1.82) is 0 Å². The maximum absolute atomic E-state index is 12.8. The lowest BCUT2D eigenvalue weighted by Gasteiger charge is -2.36. The minimum atomic E-state index is -0.137. The van der Waals surface area contributed by atoms with Gasteiger partial charge in [-0.2, -0.15) is 0 Å². The van der Waals surface area contributed by atoms with Crippen LogP contribution in [0.3, 0.4) is 0 Å². The zero-order valence-corrected chi connectivity index (χ0v) is 16.9. The fourth-order valence-electron chi connectivity index (χ4n) is 3.64. The Bertz CT molecular complexity index is 799. The van der Waals surface area contributed by atoms with Gasteiger partial charge in [0.15, 0.2) is 0 Å². The summed E-state index contributed by atoms with van der Waals surface area (Å²) in [4.78, 5) is 19.4. The number of amides is 1. The van der Waals surface area contributed by atoms with Gasteiger partial charge in [-0.25, -0.2) is 4.98 Å². The molecule has 0 radical (unpaired) electrons. The molecule has 0 spiro atoms. The summed E-state index contributed by atoms with van der Waals surface area (Å²) in [6.07, 6.45) is 5.55. The smallest absolute Gasteiger partial charge is 0.252 e. The number of rotatable bonds is 6. The molecule has 27 heavy (non-hydrogen) atoms. The first-order chi connectivity index (χ1) is 13.0. The molecule has 3 rings (SSSR count). The molecule has 0 saturated carbocycles. The van der Waals surface area contributed by atoms with Gasteiger partial charge in [-0.15, -0.1) is 0 Å². The van der Waals surface area contributed by atoms with Crippen molar-refractivity contribution < 1.29 is 9.53 Å². The van der Waals surface area contributed by atoms with Crippen molar-refractivity contribution in [2.75, 3.05) is 24.7 Å². The van der Waals surface area contributed by atoms with Crippen LogP contribution in [-0.2, 0) is 18.3 Å². The summed E-state index contributed by atoms with van der Waals surface area (Å²) in [5, 5.41) is 3.53. The number of anilines is 1. The molecule has 2 heterocycles. The van der Waals surface area contributed by atoms with E-state index in [0.29, 0.717) is 23.2 Å². The first-order valence-electron chi connectivity index (χ1n) is 9.40. The van der Waals surface area contributed by atoms with Gasteiger partial charge in [0.05, 0.1) is 6.54 Å². The third-order valence-corrected chi connectivity index (χ3v) is 5.42. The second kappa shape index (κ2) is 8.76. The van der Waals surface area contributed by atoms with Crippen LogP contribution >= 0.6 is 11.6 Å². The Kier molecular flexibility index (Phi) is 6.39. The summed E-state index contributed by atoms with van der Waals surface area (Å²) in [5.74, 6) is 0.669. The number of ether oxygens (including phenoxy) is 1. The number of aryl methyl sites for hydroxylation is 1. The zero-order valence-electron chi connectivity index (χ0n) is 16.2. The predicted molar refractivity (Wildman–Crippen MR) is 107 cm³/mol. The highest BCUT2D eigenvalue weighted by atomic mass is 35.5. The van der Waals surface area contributed by atoms with Crippen LogP contribution in [0.1, 0.15) is 41.5 Å². The van der Waals surface area contributed by atoms with Gasteiger partial charge in [0, 0.05) is 61.5 Å². The minimum Gasteiger partial charge on any atom is -0.381 e. The average Bonchev–Trinajstić information content (AvgIpc) is 3.08. The van der Waals surface area contributed by atoms with Crippen LogP contribution < -0.4 is 10.2 Å². The van der Waals surface area contributed by atoms with E-state index < -0.39 is 0 Å². The highest BCUT2D eigenvalue weighted by molar-refractivity contribution is 6.31. The lowest BCUT2D eigenvalue weighted by Crippen LogP contribution is -2.40. The summed E-state index contributed by atoms with van der Waals surface area (Å²) in [6, 6.07) is 4.11. The summed E-state index contributed by atoms with van der Waals surface area (Å²) < 4.78 is 7.39. The van der Waals surface area contributed by atoms with E-state index in [9.17, 15) is 4.79 Å². The Morgan fingerprint density at radius 3 is 2.78 bits per heavy atom. The van der Waals surface area contributed by atoms with Gasteiger partial charge in [0.25, 0.3) is 5.91 Å². The van der Waals surface area contributed by atoms with Crippen LogP contribution in [0.15, 0.2) is 24.5 Å². The molecule has 146 valence electrons. The van der Waals surface area contributed by atoms with Crippen molar-refractivity contribution in [2.24, 2.45) is 7.05 Å². The van der Waals surface area contributed by atoms with Crippen LogP contribution in [0.4, 0.5) is 5.69 Å². The number of nitrogens with zero attached hydrogens (tertiary/aromatic N) is 3. The number of carbonyl (C=O) groups excluding carboxylic acids is 1. The van der Waals surface area contributed by atoms with Crippen molar-refractivity contribution in [3.8, 4) is 0 Å².